The largest absolute Gasteiger partial charge is 0.497 e. The zero-order chi connectivity index (χ0) is 39.3. The highest BCUT2D eigenvalue weighted by Crippen LogP contribution is 2.42. The van der Waals surface area contributed by atoms with E-state index in [0.29, 0.717) is 0 Å². The maximum Gasteiger partial charge on any atom is 0.119 e. The highest BCUT2D eigenvalue weighted by Gasteiger charge is 2.17. The first-order valence-corrected chi connectivity index (χ1v) is 20.8. The van der Waals surface area contributed by atoms with Crippen LogP contribution in [0.2, 0.25) is 0 Å². The number of hydrogen-bond acceptors (Lipinski definition) is 3. The SMILES string of the molecule is COc1ccc(-n2c3ccccc3c3cc(-c4ccc(N(c5ccc(-c6ccccc6)cc5)c5ccc(-c6cccc7c6sc6ccccc67)cc5)cc4)ccc32)cc1. The summed E-state index contributed by atoms with van der Waals surface area (Å²) in [7, 11) is 1.70. The Morgan fingerprint density at radius 2 is 0.949 bits per heavy atom. The lowest BCUT2D eigenvalue weighted by Crippen LogP contribution is -2.09. The number of para-hydroxylation sites is 1. The van der Waals surface area contributed by atoms with Crippen molar-refractivity contribution in [2.24, 2.45) is 0 Å². The summed E-state index contributed by atoms with van der Waals surface area (Å²) >= 11 is 1.87. The monoisotopic (exact) mass is 774 g/mol. The highest BCUT2D eigenvalue weighted by atomic mass is 32.1. The second-order valence-corrected chi connectivity index (χ2v) is 16.0. The van der Waals surface area contributed by atoms with Crippen LogP contribution in [0.1, 0.15) is 0 Å². The van der Waals surface area contributed by atoms with Gasteiger partial charge in [0.15, 0.2) is 0 Å². The second-order valence-electron chi connectivity index (χ2n) is 14.9. The molecule has 0 fully saturated rings. The molecule has 59 heavy (non-hydrogen) atoms. The van der Waals surface area contributed by atoms with Gasteiger partial charge in [-0.25, -0.2) is 0 Å². The number of benzene rings is 9. The molecule has 4 heteroatoms. The third kappa shape index (κ3) is 6.13. The lowest BCUT2D eigenvalue weighted by molar-refractivity contribution is 0.415. The van der Waals surface area contributed by atoms with Crippen molar-refractivity contribution in [3.63, 3.8) is 0 Å². The normalized spacial score (nSPS) is 11.5. The average Bonchev–Trinajstić information content (AvgIpc) is 3.86. The molecule has 280 valence electrons. The van der Waals surface area contributed by atoms with Crippen LogP contribution in [0.3, 0.4) is 0 Å². The first-order valence-electron chi connectivity index (χ1n) is 19.9. The van der Waals surface area contributed by atoms with E-state index in [-0.39, 0.29) is 0 Å². The van der Waals surface area contributed by atoms with Crippen molar-refractivity contribution in [1.82, 2.24) is 4.57 Å². The molecule has 0 atom stereocenters. The first-order chi connectivity index (χ1) is 29.2. The van der Waals surface area contributed by atoms with Crippen molar-refractivity contribution in [1.29, 1.82) is 0 Å². The van der Waals surface area contributed by atoms with Crippen LogP contribution in [0.25, 0.3) is 81.0 Å². The van der Waals surface area contributed by atoms with Gasteiger partial charge in [-0.1, -0.05) is 127 Å². The highest BCUT2D eigenvalue weighted by molar-refractivity contribution is 7.26. The smallest absolute Gasteiger partial charge is 0.119 e. The van der Waals surface area contributed by atoms with Gasteiger partial charge < -0.3 is 14.2 Å². The molecule has 9 aromatic carbocycles. The molecule has 0 aliphatic carbocycles. The minimum Gasteiger partial charge on any atom is -0.497 e. The molecular formula is C55H38N2OS. The van der Waals surface area contributed by atoms with Gasteiger partial charge in [-0.05, 0) is 118 Å². The van der Waals surface area contributed by atoms with E-state index in [2.05, 4.69) is 210 Å². The molecule has 11 rings (SSSR count). The summed E-state index contributed by atoms with van der Waals surface area (Å²) in [6, 6.07) is 76.7. The number of fused-ring (bicyclic) bond motifs is 6. The topological polar surface area (TPSA) is 17.4 Å². The zero-order valence-electron chi connectivity index (χ0n) is 32.4. The van der Waals surface area contributed by atoms with Crippen LogP contribution in [-0.2, 0) is 0 Å². The summed E-state index contributed by atoms with van der Waals surface area (Å²) in [4.78, 5) is 2.36. The minimum absolute atomic E-state index is 0.848. The van der Waals surface area contributed by atoms with Gasteiger partial charge in [0.2, 0.25) is 0 Å². The summed E-state index contributed by atoms with van der Waals surface area (Å²) in [5, 5.41) is 5.09. The number of aromatic nitrogens is 1. The Labute approximate surface area is 347 Å². The van der Waals surface area contributed by atoms with E-state index in [4.69, 9.17) is 4.74 Å². The Bertz CT molecular complexity index is 3270. The van der Waals surface area contributed by atoms with E-state index in [1.165, 1.54) is 75.4 Å². The van der Waals surface area contributed by atoms with E-state index in [1.54, 1.807) is 7.11 Å². The fourth-order valence-corrected chi connectivity index (χ4v) is 9.85. The quantitative estimate of drug-likeness (QED) is 0.153. The minimum atomic E-state index is 0.848. The maximum absolute atomic E-state index is 5.45. The predicted molar refractivity (Wildman–Crippen MR) is 251 cm³/mol. The molecule has 0 saturated heterocycles. The molecule has 0 aliphatic heterocycles. The van der Waals surface area contributed by atoms with Crippen LogP contribution in [0.4, 0.5) is 17.1 Å². The van der Waals surface area contributed by atoms with Crippen molar-refractivity contribution < 1.29 is 4.74 Å². The third-order valence-corrected chi connectivity index (χ3v) is 12.8. The lowest BCUT2D eigenvalue weighted by atomic mass is 10.0. The predicted octanol–water partition coefficient (Wildman–Crippen LogP) is 15.6. The van der Waals surface area contributed by atoms with E-state index >= 15 is 0 Å². The molecule has 0 saturated carbocycles. The second kappa shape index (κ2) is 14.5. The standard InChI is InChI=1S/C55H38N2OS/c1-58-46-33-31-45(32-34-46)57-52-16-7-5-12-48(52)51-36-41(24-35-53(51)57)39-20-27-43(28-21-39)56(42-25-18-38(19-26-42)37-10-3-2-4-11-37)44-29-22-40(23-30-44)47-14-9-15-50-49-13-6-8-17-54(49)59-55(47)50/h2-36H,1H3. The van der Waals surface area contributed by atoms with Crippen LogP contribution >= 0.6 is 11.3 Å². The van der Waals surface area contributed by atoms with Crippen LogP contribution in [0.15, 0.2) is 212 Å². The summed E-state index contributed by atoms with van der Waals surface area (Å²) in [5.41, 5.74) is 14.0. The van der Waals surface area contributed by atoms with Crippen molar-refractivity contribution in [2.45, 2.75) is 0 Å². The number of hydrogen-bond donors (Lipinski definition) is 0. The third-order valence-electron chi connectivity index (χ3n) is 11.5. The Kier molecular flexibility index (Phi) is 8.57. The van der Waals surface area contributed by atoms with Gasteiger partial charge in [0, 0.05) is 53.7 Å². The fraction of sp³-hybridized carbons (Fsp3) is 0.0182. The number of nitrogens with zero attached hydrogens (tertiary/aromatic N) is 2. The molecule has 2 heterocycles. The molecule has 2 aromatic heterocycles. The number of rotatable bonds is 8. The van der Waals surface area contributed by atoms with Gasteiger partial charge in [-0.15, -0.1) is 11.3 Å². The van der Waals surface area contributed by atoms with E-state index in [0.717, 1.165) is 28.5 Å². The van der Waals surface area contributed by atoms with Gasteiger partial charge in [-0.2, -0.15) is 0 Å². The maximum atomic E-state index is 5.45. The molecule has 0 bridgehead atoms. The van der Waals surface area contributed by atoms with Gasteiger partial charge in [0.05, 0.1) is 18.1 Å². The summed E-state index contributed by atoms with van der Waals surface area (Å²) < 4.78 is 10.4. The zero-order valence-corrected chi connectivity index (χ0v) is 33.2. The molecule has 0 radical (unpaired) electrons. The number of methoxy groups -OCH3 is 1. The average molecular weight is 775 g/mol. The van der Waals surface area contributed by atoms with Crippen molar-refractivity contribution in [2.75, 3.05) is 12.0 Å². The first kappa shape index (κ1) is 34.8. The molecule has 3 nitrogen and oxygen atoms in total. The van der Waals surface area contributed by atoms with E-state index in [1.807, 2.05) is 23.5 Å². The Morgan fingerprint density at radius 3 is 1.64 bits per heavy atom. The van der Waals surface area contributed by atoms with Crippen molar-refractivity contribution >= 4 is 70.4 Å². The molecule has 0 unspecified atom stereocenters. The lowest BCUT2D eigenvalue weighted by Gasteiger charge is -2.26. The van der Waals surface area contributed by atoms with E-state index < -0.39 is 0 Å². The van der Waals surface area contributed by atoms with Crippen LogP contribution in [0, 0.1) is 0 Å². The molecule has 11 aromatic rings. The van der Waals surface area contributed by atoms with Crippen molar-refractivity contribution in [3.8, 4) is 44.8 Å². The van der Waals surface area contributed by atoms with Crippen molar-refractivity contribution in [3.05, 3.63) is 212 Å². The Morgan fingerprint density at radius 1 is 0.407 bits per heavy atom. The molecule has 0 aliphatic rings. The van der Waals surface area contributed by atoms with Crippen LogP contribution < -0.4 is 9.64 Å². The Balaban J connectivity index is 0.974. The molecule has 0 amide bonds. The molecule has 0 N–H and O–H groups in total. The van der Waals surface area contributed by atoms with Crippen LogP contribution in [0.5, 0.6) is 5.75 Å². The van der Waals surface area contributed by atoms with Gasteiger partial charge in [-0.3, -0.25) is 0 Å². The van der Waals surface area contributed by atoms with E-state index in [9.17, 15) is 0 Å². The number of ether oxygens (including phenoxy) is 1. The molecular weight excluding hydrogens is 737 g/mol. The Hall–Kier alpha value is -7.40. The fourth-order valence-electron chi connectivity index (χ4n) is 8.61. The number of thiophene rings is 1. The summed E-state index contributed by atoms with van der Waals surface area (Å²) in [6.45, 7) is 0. The summed E-state index contributed by atoms with van der Waals surface area (Å²) in [6.07, 6.45) is 0. The number of anilines is 3. The molecule has 0 spiro atoms. The summed E-state index contributed by atoms with van der Waals surface area (Å²) in [5.74, 6) is 0.848. The van der Waals surface area contributed by atoms with Gasteiger partial charge in [0.25, 0.3) is 0 Å². The van der Waals surface area contributed by atoms with Crippen LogP contribution in [-0.4, -0.2) is 11.7 Å². The van der Waals surface area contributed by atoms with Gasteiger partial charge >= 0.3 is 0 Å². The van der Waals surface area contributed by atoms with Gasteiger partial charge in [0.1, 0.15) is 5.75 Å².